The van der Waals surface area contributed by atoms with Crippen molar-refractivity contribution in [1.29, 1.82) is 0 Å². The van der Waals surface area contributed by atoms with Crippen LogP contribution in [0.15, 0.2) is 48.7 Å². The van der Waals surface area contributed by atoms with Crippen molar-refractivity contribution in [2.75, 3.05) is 0 Å². The highest BCUT2D eigenvalue weighted by Crippen LogP contribution is 2.13. The van der Waals surface area contributed by atoms with Gasteiger partial charge in [-0.15, -0.1) is 0 Å². The first-order chi connectivity index (χ1) is 9.15. The fourth-order valence-electron chi connectivity index (χ4n) is 2.19. The van der Waals surface area contributed by atoms with E-state index in [1.807, 2.05) is 36.5 Å². The molecule has 0 aliphatic heterocycles. The monoisotopic (exact) mass is 256 g/mol. The van der Waals surface area contributed by atoms with Gasteiger partial charge < -0.3 is 10.4 Å². The molecule has 2 aromatic rings. The van der Waals surface area contributed by atoms with Crippen molar-refractivity contribution in [1.82, 2.24) is 10.3 Å². The summed E-state index contributed by atoms with van der Waals surface area (Å²) in [6, 6.07) is 13.9. The molecule has 3 heteroatoms. The Bertz CT molecular complexity index is 496. The van der Waals surface area contributed by atoms with Gasteiger partial charge in [-0.3, -0.25) is 4.98 Å². The number of pyridine rings is 1. The largest absolute Gasteiger partial charge is 0.508 e. The number of nitrogens with one attached hydrogen (secondary N) is 1. The number of phenolic OH excluding ortho intramolecular Hbond substituents is 1. The van der Waals surface area contributed by atoms with Crippen LogP contribution >= 0.6 is 0 Å². The quantitative estimate of drug-likeness (QED) is 0.864. The fourth-order valence-corrected chi connectivity index (χ4v) is 2.19. The van der Waals surface area contributed by atoms with Crippen LogP contribution in [-0.2, 0) is 6.42 Å². The van der Waals surface area contributed by atoms with Gasteiger partial charge in [-0.1, -0.05) is 18.2 Å². The van der Waals surface area contributed by atoms with Crippen LogP contribution in [0.3, 0.4) is 0 Å². The van der Waals surface area contributed by atoms with Crippen molar-refractivity contribution >= 4 is 0 Å². The maximum atomic E-state index is 9.26. The highest BCUT2D eigenvalue weighted by Gasteiger charge is 2.10. The Hall–Kier alpha value is -1.87. The molecule has 0 spiro atoms. The summed E-state index contributed by atoms with van der Waals surface area (Å²) in [6.45, 7) is 4.28. The van der Waals surface area contributed by atoms with Crippen molar-refractivity contribution in [3.8, 4) is 5.75 Å². The molecule has 0 fully saturated rings. The predicted molar refractivity (Wildman–Crippen MR) is 77.1 cm³/mol. The van der Waals surface area contributed by atoms with Gasteiger partial charge in [-0.25, -0.2) is 0 Å². The third-order valence-electron chi connectivity index (χ3n) is 3.14. The van der Waals surface area contributed by atoms with E-state index in [1.165, 1.54) is 5.56 Å². The minimum absolute atomic E-state index is 0.230. The maximum absolute atomic E-state index is 9.26. The summed E-state index contributed by atoms with van der Waals surface area (Å²) in [7, 11) is 0. The number of aromatic hydroxyl groups is 1. The number of nitrogens with zero attached hydrogens (tertiary/aromatic N) is 1. The van der Waals surface area contributed by atoms with Crippen LogP contribution in [0.1, 0.15) is 31.1 Å². The van der Waals surface area contributed by atoms with Crippen LogP contribution in [0.4, 0.5) is 0 Å². The zero-order chi connectivity index (χ0) is 13.7. The van der Waals surface area contributed by atoms with E-state index in [2.05, 4.69) is 24.1 Å². The molecule has 1 aromatic heterocycles. The SMILES string of the molecule is CC(Cc1ccc(O)cc1)N[C@H](C)c1ccccn1. The Balaban J connectivity index is 1.90. The van der Waals surface area contributed by atoms with Gasteiger partial charge in [0.05, 0.1) is 5.69 Å². The molecule has 0 saturated carbocycles. The minimum Gasteiger partial charge on any atom is -0.508 e. The second kappa shape index (κ2) is 6.34. The number of hydrogen-bond acceptors (Lipinski definition) is 3. The number of hydrogen-bond donors (Lipinski definition) is 2. The molecular weight excluding hydrogens is 236 g/mol. The van der Waals surface area contributed by atoms with Crippen LogP contribution in [0.25, 0.3) is 0 Å². The second-order valence-electron chi connectivity index (χ2n) is 4.91. The number of aromatic nitrogens is 1. The van der Waals surface area contributed by atoms with Gasteiger partial charge in [0.25, 0.3) is 0 Å². The van der Waals surface area contributed by atoms with Gasteiger partial charge in [0.2, 0.25) is 0 Å². The Morgan fingerprint density at radius 1 is 1.11 bits per heavy atom. The van der Waals surface area contributed by atoms with E-state index in [4.69, 9.17) is 0 Å². The summed E-state index contributed by atoms with van der Waals surface area (Å²) in [5.41, 5.74) is 2.27. The third-order valence-corrected chi connectivity index (χ3v) is 3.14. The van der Waals surface area contributed by atoms with Gasteiger partial charge in [-0.05, 0) is 50.1 Å². The molecule has 100 valence electrons. The molecule has 0 bridgehead atoms. The molecule has 1 heterocycles. The molecule has 2 atom stereocenters. The van der Waals surface area contributed by atoms with Crippen LogP contribution in [0.2, 0.25) is 0 Å². The minimum atomic E-state index is 0.230. The maximum Gasteiger partial charge on any atom is 0.115 e. The fraction of sp³-hybridized carbons (Fsp3) is 0.312. The molecule has 2 rings (SSSR count). The number of phenols is 1. The Morgan fingerprint density at radius 3 is 2.47 bits per heavy atom. The highest BCUT2D eigenvalue weighted by atomic mass is 16.3. The normalized spacial score (nSPS) is 14.0. The van der Waals surface area contributed by atoms with Gasteiger partial charge >= 0.3 is 0 Å². The summed E-state index contributed by atoms with van der Waals surface area (Å²) < 4.78 is 0. The topological polar surface area (TPSA) is 45.1 Å². The zero-order valence-electron chi connectivity index (χ0n) is 11.4. The molecule has 3 nitrogen and oxygen atoms in total. The van der Waals surface area contributed by atoms with Gasteiger partial charge in [-0.2, -0.15) is 0 Å². The molecule has 0 aliphatic carbocycles. The highest BCUT2D eigenvalue weighted by molar-refractivity contribution is 5.26. The number of rotatable bonds is 5. The molecule has 0 saturated heterocycles. The standard InChI is InChI=1S/C16H20N2O/c1-12(11-14-6-8-15(19)9-7-14)18-13(2)16-5-3-4-10-17-16/h3-10,12-13,18-19H,11H2,1-2H3/t12?,13-/m1/s1. The molecule has 19 heavy (non-hydrogen) atoms. The summed E-state index contributed by atoms with van der Waals surface area (Å²) >= 11 is 0. The van der Waals surface area contributed by atoms with E-state index in [0.717, 1.165) is 12.1 Å². The smallest absolute Gasteiger partial charge is 0.115 e. The van der Waals surface area contributed by atoms with Gasteiger partial charge in [0, 0.05) is 18.3 Å². The Labute approximate surface area is 114 Å². The van der Waals surface area contributed by atoms with E-state index < -0.39 is 0 Å². The lowest BCUT2D eigenvalue weighted by Crippen LogP contribution is -2.31. The van der Waals surface area contributed by atoms with Crippen molar-refractivity contribution < 1.29 is 5.11 Å². The lowest BCUT2D eigenvalue weighted by molar-refractivity contribution is 0.466. The van der Waals surface area contributed by atoms with Crippen LogP contribution in [-0.4, -0.2) is 16.1 Å². The first kappa shape index (κ1) is 13.6. The van der Waals surface area contributed by atoms with Crippen molar-refractivity contribution in [3.63, 3.8) is 0 Å². The second-order valence-corrected chi connectivity index (χ2v) is 4.91. The molecule has 1 unspecified atom stereocenters. The first-order valence-corrected chi connectivity index (χ1v) is 6.60. The van der Waals surface area contributed by atoms with Crippen molar-refractivity contribution in [3.05, 3.63) is 59.9 Å². The predicted octanol–water partition coefficient (Wildman–Crippen LogP) is 3.07. The van der Waals surface area contributed by atoms with E-state index in [1.54, 1.807) is 12.1 Å². The molecule has 0 radical (unpaired) electrons. The Morgan fingerprint density at radius 2 is 1.84 bits per heavy atom. The Kier molecular flexibility index (Phi) is 4.53. The third kappa shape index (κ3) is 4.07. The van der Waals surface area contributed by atoms with E-state index in [0.29, 0.717) is 11.8 Å². The molecule has 2 N–H and O–H groups in total. The molecule has 1 aromatic carbocycles. The molecular formula is C16H20N2O. The van der Waals surface area contributed by atoms with Crippen LogP contribution < -0.4 is 5.32 Å². The van der Waals surface area contributed by atoms with Crippen molar-refractivity contribution in [2.24, 2.45) is 0 Å². The summed E-state index contributed by atoms with van der Waals surface area (Å²) in [5.74, 6) is 0.311. The average molecular weight is 256 g/mol. The first-order valence-electron chi connectivity index (χ1n) is 6.60. The molecule has 0 amide bonds. The van der Waals surface area contributed by atoms with E-state index >= 15 is 0 Å². The van der Waals surface area contributed by atoms with Crippen molar-refractivity contribution in [2.45, 2.75) is 32.4 Å². The number of benzene rings is 1. The lowest BCUT2D eigenvalue weighted by Gasteiger charge is -2.19. The zero-order valence-corrected chi connectivity index (χ0v) is 11.4. The summed E-state index contributed by atoms with van der Waals surface area (Å²) in [6.07, 6.45) is 2.75. The molecule has 0 aliphatic rings. The van der Waals surface area contributed by atoms with E-state index in [-0.39, 0.29) is 6.04 Å². The van der Waals surface area contributed by atoms with Gasteiger partial charge in [0.15, 0.2) is 0 Å². The average Bonchev–Trinajstić information content (AvgIpc) is 2.42. The summed E-state index contributed by atoms with van der Waals surface area (Å²) in [4.78, 5) is 4.35. The van der Waals surface area contributed by atoms with Crippen LogP contribution in [0.5, 0.6) is 5.75 Å². The lowest BCUT2D eigenvalue weighted by atomic mass is 10.1. The summed E-state index contributed by atoms with van der Waals surface area (Å²) in [5, 5.41) is 12.8. The van der Waals surface area contributed by atoms with Gasteiger partial charge in [0.1, 0.15) is 5.75 Å². The van der Waals surface area contributed by atoms with Crippen LogP contribution in [0, 0.1) is 0 Å². The van der Waals surface area contributed by atoms with E-state index in [9.17, 15) is 5.11 Å².